The molecule has 2 amide bonds. The quantitative estimate of drug-likeness (QED) is 0.780. The number of aromatic nitrogens is 2. The molecule has 0 bridgehead atoms. The van der Waals surface area contributed by atoms with E-state index < -0.39 is 11.8 Å². The highest BCUT2D eigenvalue weighted by atomic mass is 35.5. The summed E-state index contributed by atoms with van der Waals surface area (Å²) in [4.78, 5) is 34.0. The smallest absolute Gasteiger partial charge is 0.276 e. The number of benzene rings is 1. The molecule has 0 aliphatic heterocycles. The van der Waals surface area contributed by atoms with E-state index in [0.717, 1.165) is 12.0 Å². The van der Waals surface area contributed by atoms with Gasteiger partial charge in [-0.3, -0.25) is 9.59 Å². The zero-order chi connectivity index (χ0) is 20.1. The maximum atomic E-state index is 12.8. The molecule has 27 heavy (non-hydrogen) atoms. The number of aryl methyl sites for hydroxylation is 3. The van der Waals surface area contributed by atoms with Crippen molar-refractivity contribution in [3.63, 3.8) is 0 Å². The van der Waals surface area contributed by atoms with Gasteiger partial charge in [-0.05, 0) is 50.8 Å². The van der Waals surface area contributed by atoms with Crippen LogP contribution in [0.15, 0.2) is 18.2 Å². The molecule has 144 valence electrons. The summed E-state index contributed by atoms with van der Waals surface area (Å²) >= 11 is 6.01. The third-order valence-electron chi connectivity index (χ3n) is 4.19. The minimum absolute atomic E-state index is 0.000442. The molecule has 1 aromatic carbocycles. The topological polar surface area (TPSA) is 84.0 Å². The molecule has 0 unspecified atom stereocenters. The van der Waals surface area contributed by atoms with Gasteiger partial charge >= 0.3 is 0 Å². The van der Waals surface area contributed by atoms with Gasteiger partial charge in [-0.2, -0.15) is 0 Å². The SMILES string of the molecule is Cc1ccc(Cl)cc1NC(=O)c1nc(C)c(C)nc1C(=O)NCCC(C)C. The Morgan fingerprint density at radius 2 is 1.63 bits per heavy atom. The van der Waals surface area contributed by atoms with Crippen molar-refractivity contribution in [2.75, 3.05) is 11.9 Å². The predicted molar refractivity (Wildman–Crippen MR) is 107 cm³/mol. The average Bonchev–Trinajstić information content (AvgIpc) is 2.59. The van der Waals surface area contributed by atoms with E-state index >= 15 is 0 Å². The van der Waals surface area contributed by atoms with Crippen molar-refractivity contribution >= 4 is 29.1 Å². The van der Waals surface area contributed by atoms with Crippen LogP contribution in [0.2, 0.25) is 5.02 Å². The minimum atomic E-state index is -0.495. The van der Waals surface area contributed by atoms with Crippen molar-refractivity contribution < 1.29 is 9.59 Å². The number of halogens is 1. The van der Waals surface area contributed by atoms with Gasteiger partial charge in [0.05, 0.1) is 11.4 Å². The zero-order valence-electron chi connectivity index (χ0n) is 16.3. The van der Waals surface area contributed by atoms with E-state index in [1.165, 1.54) is 0 Å². The standard InChI is InChI=1S/C20H25ClN4O2/c1-11(2)8-9-22-19(26)17-18(24-14(5)13(4)23-17)20(27)25-16-10-15(21)7-6-12(16)3/h6-7,10-11H,8-9H2,1-5H3,(H,22,26)(H,25,27). The largest absolute Gasteiger partial charge is 0.351 e. The molecular weight excluding hydrogens is 364 g/mol. The molecule has 2 aromatic rings. The highest BCUT2D eigenvalue weighted by Crippen LogP contribution is 2.21. The first-order valence-electron chi connectivity index (χ1n) is 8.90. The lowest BCUT2D eigenvalue weighted by Crippen LogP contribution is -2.30. The molecule has 1 heterocycles. The summed E-state index contributed by atoms with van der Waals surface area (Å²) in [5.74, 6) is -0.436. The maximum absolute atomic E-state index is 12.8. The molecule has 0 aliphatic carbocycles. The normalized spacial score (nSPS) is 10.8. The Kier molecular flexibility index (Phi) is 6.91. The fourth-order valence-electron chi connectivity index (χ4n) is 2.39. The van der Waals surface area contributed by atoms with Crippen LogP contribution < -0.4 is 10.6 Å². The van der Waals surface area contributed by atoms with Crippen LogP contribution in [0.5, 0.6) is 0 Å². The van der Waals surface area contributed by atoms with Gasteiger partial charge in [-0.15, -0.1) is 0 Å². The van der Waals surface area contributed by atoms with Crippen LogP contribution in [0.3, 0.4) is 0 Å². The molecule has 0 aliphatic rings. The van der Waals surface area contributed by atoms with Gasteiger partial charge in [0.2, 0.25) is 0 Å². The van der Waals surface area contributed by atoms with Crippen molar-refractivity contribution in [1.82, 2.24) is 15.3 Å². The van der Waals surface area contributed by atoms with Gasteiger partial charge in [0.25, 0.3) is 11.8 Å². The average molecular weight is 389 g/mol. The maximum Gasteiger partial charge on any atom is 0.276 e. The summed E-state index contributed by atoms with van der Waals surface area (Å²) in [5, 5.41) is 6.10. The molecule has 0 fully saturated rings. The van der Waals surface area contributed by atoms with Gasteiger partial charge in [-0.1, -0.05) is 31.5 Å². The summed E-state index contributed by atoms with van der Waals surface area (Å²) in [5.41, 5.74) is 2.66. The second-order valence-electron chi connectivity index (χ2n) is 6.94. The number of nitrogens with one attached hydrogen (secondary N) is 2. The lowest BCUT2D eigenvalue weighted by atomic mass is 10.1. The Hall–Kier alpha value is -2.47. The Bertz CT molecular complexity index is 865. The number of hydrogen-bond donors (Lipinski definition) is 2. The first-order valence-corrected chi connectivity index (χ1v) is 9.27. The monoisotopic (exact) mass is 388 g/mol. The predicted octanol–water partition coefficient (Wildman–Crippen LogP) is 4.08. The first-order chi connectivity index (χ1) is 12.7. The number of anilines is 1. The van der Waals surface area contributed by atoms with Crippen molar-refractivity contribution in [2.24, 2.45) is 5.92 Å². The van der Waals surface area contributed by atoms with E-state index in [9.17, 15) is 9.59 Å². The Labute approximate surface area is 164 Å². The van der Waals surface area contributed by atoms with Crippen LogP contribution in [0.25, 0.3) is 0 Å². The third-order valence-corrected chi connectivity index (χ3v) is 4.43. The van der Waals surface area contributed by atoms with E-state index in [1.807, 2.05) is 13.0 Å². The highest BCUT2D eigenvalue weighted by molar-refractivity contribution is 6.31. The molecule has 7 heteroatoms. The van der Waals surface area contributed by atoms with E-state index in [2.05, 4.69) is 34.4 Å². The van der Waals surface area contributed by atoms with Crippen molar-refractivity contribution in [1.29, 1.82) is 0 Å². The number of hydrogen-bond acceptors (Lipinski definition) is 4. The second-order valence-corrected chi connectivity index (χ2v) is 7.38. The third kappa shape index (κ3) is 5.50. The number of amides is 2. The Morgan fingerprint density at radius 1 is 1.04 bits per heavy atom. The molecule has 2 N–H and O–H groups in total. The van der Waals surface area contributed by atoms with Crippen LogP contribution in [0.4, 0.5) is 5.69 Å². The van der Waals surface area contributed by atoms with Crippen LogP contribution in [-0.2, 0) is 0 Å². The summed E-state index contributed by atoms with van der Waals surface area (Å²) < 4.78 is 0. The summed E-state index contributed by atoms with van der Waals surface area (Å²) in [7, 11) is 0. The summed E-state index contributed by atoms with van der Waals surface area (Å²) in [6, 6.07) is 5.21. The summed E-state index contributed by atoms with van der Waals surface area (Å²) in [6.07, 6.45) is 0.841. The van der Waals surface area contributed by atoms with Crippen molar-refractivity contribution in [3.8, 4) is 0 Å². The van der Waals surface area contributed by atoms with Gasteiger partial charge in [0.15, 0.2) is 11.4 Å². The van der Waals surface area contributed by atoms with Gasteiger partial charge < -0.3 is 10.6 Å². The van der Waals surface area contributed by atoms with E-state index in [0.29, 0.717) is 34.6 Å². The number of nitrogens with zero attached hydrogens (tertiary/aromatic N) is 2. The number of carbonyl (C=O) groups is 2. The molecule has 0 saturated carbocycles. The van der Waals surface area contributed by atoms with Gasteiger partial charge in [0.1, 0.15) is 0 Å². The minimum Gasteiger partial charge on any atom is -0.351 e. The Morgan fingerprint density at radius 3 is 2.22 bits per heavy atom. The summed E-state index contributed by atoms with van der Waals surface area (Å²) in [6.45, 7) is 10.0. The lowest BCUT2D eigenvalue weighted by molar-refractivity contribution is 0.0931. The van der Waals surface area contributed by atoms with E-state index in [4.69, 9.17) is 11.6 Å². The lowest BCUT2D eigenvalue weighted by Gasteiger charge is -2.13. The van der Waals surface area contributed by atoms with E-state index in [1.54, 1.807) is 26.0 Å². The molecule has 0 radical (unpaired) electrons. The molecule has 0 atom stereocenters. The molecule has 0 saturated heterocycles. The highest BCUT2D eigenvalue weighted by Gasteiger charge is 2.22. The van der Waals surface area contributed by atoms with Crippen molar-refractivity contribution in [3.05, 3.63) is 51.6 Å². The first kappa shape index (κ1) is 20.8. The fourth-order valence-corrected chi connectivity index (χ4v) is 2.56. The fraction of sp³-hybridized carbons (Fsp3) is 0.400. The molecule has 1 aromatic heterocycles. The second kappa shape index (κ2) is 8.95. The number of carbonyl (C=O) groups excluding carboxylic acids is 2. The zero-order valence-corrected chi connectivity index (χ0v) is 17.1. The van der Waals surface area contributed by atoms with Crippen LogP contribution in [0, 0.1) is 26.7 Å². The molecular formula is C20H25ClN4O2. The van der Waals surface area contributed by atoms with Crippen LogP contribution in [-0.4, -0.2) is 28.3 Å². The molecule has 6 nitrogen and oxygen atoms in total. The van der Waals surface area contributed by atoms with Gasteiger partial charge in [0, 0.05) is 17.3 Å². The molecule has 0 spiro atoms. The molecule has 2 rings (SSSR count). The Balaban J connectivity index is 2.31. The van der Waals surface area contributed by atoms with Crippen LogP contribution in [0.1, 0.15) is 58.2 Å². The van der Waals surface area contributed by atoms with Gasteiger partial charge in [-0.25, -0.2) is 9.97 Å². The van der Waals surface area contributed by atoms with Crippen molar-refractivity contribution in [2.45, 2.75) is 41.0 Å². The van der Waals surface area contributed by atoms with Crippen LogP contribution >= 0.6 is 11.6 Å². The number of rotatable bonds is 6. The van der Waals surface area contributed by atoms with E-state index in [-0.39, 0.29) is 11.4 Å².